The second-order valence-electron chi connectivity index (χ2n) is 20.1. The van der Waals surface area contributed by atoms with E-state index in [0.29, 0.717) is 105 Å². The Bertz CT molecular complexity index is 3140. The van der Waals surface area contributed by atoms with Crippen LogP contribution in [-0.2, 0) is 27.1 Å². The number of aromatic nitrogens is 4. The molecule has 2 N–H and O–H groups in total. The van der Waals surface area contributed by atoms with Gasteiger partial charge in [0.15, 0.2) is 0 Å². The van der Waals surface area contributed by atoms with Gasteiger partial charge in [0.1, 0.15) is 57.9 Å². The Balaban J connectivity index is 0.000000219. The van der Waals surface area contributed by atoms with Crippen molar-refractivity contribution in [2.45, 2.75) is 90.5 Å². The first-order valence-corrected chi connectivity index (χ1v) is 25.4. The molecule has 3 amide bonds. The lowest BCUT2D eigenvalue weighted by Crippen LogP contribution is -2.45. The van der Waals surface area contributed by atoms with Crippen LogP contribution >= 0.6 is 46.4 Å². The number of benzene rings is 4. The third-order valence-electron chi connectivity index (χ3n) is 12.4. The monoisotopic (exact) mass is 1100 g/mol. The number of fused-ring (bicyclic) bond motifs is 2. The maximum absolute atomic E-state index is 12.7. The number of carbonyl (C=O) groups is 3. The van der Waals surface area contributed by atoms with Crippen LogP contribution in [0.2, 0.25) is 20.1 Å². The third kappa shape index (κ3) is 12.9. The summed E-state index contributed by atoms with van der Waals surface area (Å²) in [7, 11) is 6.11. The van der Waals surface area contributed by atoms with Crippen molar-refractivity contribution < 1.29 is 42.8 Å². The van der Waals surface area contributed by atoms with Crippen LogP contribution in [0.3, 0.4) is 0 Å². The number of likely N-dealkylation sites (tertiary alicyclic amines) is 2. The Kier molecular flexibility index (Phi) is 17.3. The summed E-state index contributed by atoms with van der Waals surface area (Å²) in [6.07, 6.45) is 4.44. The van der Waals surface area contributed by atoms with Gasteiger partial charge in [-0.15, -0.1) is 0 Å². The molecule has 4 atom stereocenters. The lowest BCUT2D eigenvalue weighted by Gasteiger charge is -2.27. The Labute approximate surface area is 455 Å². The third-order valence-corrected chi connectivity index (χ3v) is 13.9. The fraction of sp³-hybridized carbons (Fsp3) is 0.407. The summed E-state index contributed by atoms with van der Waals surface area (Å²) in [4.78, 5) is 58.7. The molecule has 6 aromatic rings. The number of carbonyl (C=O) groups excluding carboxylic acids is 3. The van der Waals surface area contributed by atoms with Crippen LogP contribution in [0.4, 0.5) is 9.59 Å². The van der Waals surface area contributed by atoms with Crippen molar-refractivity contribution >= 4 is 86.3 Å². The highest BCUT2D eigenvalue weighted by Crippen LogP contribution is 2.48. The van der Waals surface area contributed by atoms with Gasteiger partial charge in [0, 0.05) is 72.4 Å². The highest BCUT2D eigenvalue weighted by Gasteiger charge is 2.41. The van der Waals surface area contributed by atoms with E-state index in [1.54, 1.807) is 66.1 Å². The number of primary amides is 1. The second-order valence-corrected chi connectivity index (χ2v) is 21.6. The van der Waals surface area contributed by atoms with Gasteiger partial charge in [0.05, 0.1) is 65.6 Å². The fourth-order valence-corrected chi connectivity index (χ4v) is 10.5. The molecule has 0 unspecified atom stereocenters. The van der Waals surface area contributed by atoms with Gasteiger partial charge < -0.3 is 34.2 Å². The second kappa shape index (κ2) is 23.1. The summed E-state index contributed by atoms with van der Waals surface area (Å²) in [6.45, 7) is 11.5. The number of methoxy groups -OCH3 is 4. The molecule has 0 spiro atoms. The Morgan fingerprint density at radius 1 is 0.627 bits per heavy atom. The van der Waals surface area contributed by atoms with E-state index < -0.39 is 41.4 Å². The highest BCUT2D eigenvalue weighted by atomic mass is 35.5. The summed E-state index contributed by atoms with van der Waals surface area (Å²) < 4.78 is 32.5. The molecule has 2 saturated heterocycles. The molecule has 75 heavy (non-hydrogen) atoms. The fourth-order valence-electron chi connectivity index (χ4n) is 9.02. The van der Waals surface area contributed by atoms with Gasteiger partial charge in [-0.2, -0.15) is 5.26 Å². The van der Waals surface area contributed by atoms with Crippen molar-refractivity contribution in [3.63, 3.8) is 0 Å². The van der Waals surface area contributed by atoms with Crippen molar-refractivity contribution in [1.82, 2.24) is 29.7 Å². The van der Waals surface area contributed by atoms with E-state index in [1.165, 1.54) is 38.2 Å². The molecule has 2 aromatic heterocycles. The summed E-state index contributed by atoms with van der Waals surface area (Å²) >= 11 is 26.3. The van der Waals surface area contributed by atoms with Gasteiger partial charge in [0.2, 0.25) is 5.91 Å². The van der Waals surface area contributed by atoms with Gasteiger partial charge in [-0.25, -0.2) is 29.5 Å². The molecule has 4 heterocycles. The van der Waals surface area contributed by atoms with Crippen LogP contribution in [-0.4, -0.2) is 113 Å². The molecule has 8 rings (SSSR count). The maximum atomic E-state index is 12.7. The molecule has 17 nitrogen and oxygen atoms in total. The minimum atomic E-state index is -0.729. The smallest absolute Gasteiger partial charge is 0.411 e. The topological polar surface area (TPSA) is 214 Å². The molecule has 0 saturated carbocycles. The molecule has 2 fully saturated rings. The standard InChI is InChI=1S/C27H30Cl2N4O5.C27H28Cl2N4O4/c1-27(2,3)38-26(35)33-13-14(8-18(33)25(30)34)9-21-31-12-16-10-15(6-7-17(16)32-21)22-23(28)19(36-4)11-20(37-5)24(22)29;1-27(2,3)37-26(34)33-14-15(8-18(33)12-30)9-22-31-13-17-10-16(6-7-19(17)32-22)23-24(28)20(35-4)11-21(36-5)25(23)29/h6-7,10-12,14,18H,8-9,13H2,1-5H3,(H2,30,34);6-7,10-11,13,15,18H,8-9,14H2,1-5H3/t14-,18+;15-,18+/m11/s1. The summed E-state index contributed by atoms with van der Waals surface area (Å²) in [5.74, 6) is 2.50. The van der Waals surface area contributed by atoms with Crippen molar-refractivity contribution in [3.05, 3.63) is 92.7 Å². The van der Waals surface area contributed by atoms with E-state index in [1.807, 2.05) is 36.4 Å². The van der Waals surface area contributed by atoms with E-state index in [-0.39, 0.29) is 11.8 Å². The minimum absolute atomic E-state index is 0.0430. The first kappa shape index (κ1) is 56.2. The zero-order valence-corrected chi connectivity index (χ0v) is 46.2. The number of ether oxygens (including phenoxy) is 6. The molecule has 21 heteroatoms. The largest absolute Gasteiger partial charge is 0.495 e. The quantitative estimate of drug-likeness (QED) is 0.128. The van der Waals surface area contributed by atoms with Crippen LogP contribution < -0.4 is 24.7 Å². The van der Waals surface area contributed by atoms with Gasteiger partial charge in [0.25, 0.3) is 0 Å². The molecule has 2 aliphatic rings. The first-order chi connectivity index (χ1) is 35.4. The van der Waals surface area contributed by atoms with Gasteiger partial charge in [-0.05, 0) is 102 Å². The zero-order chi connectivity index (χ0) is 54.7. The number of nitrogens with zero attached hydrogens (tertiary/aromatic N) is 7. The Morgan fingerprint density at radius 3 is 1.39 bits per heavy atom. The van der Waals surface area contributed by atoms with Crippen molar-refractivity contribution in [1.29, 1.82) is 5.26 Å². The number of rotatable bonds is 11. The van der Waals surface area contributed by atoms with Crippen molar-refractivity contribution in [2.24, 2.45) is 17.6 Å². The van der Waals surface area contributed by atoms with E-state index >= 15 is 0 Å². The van der Waals surface area contributed by atoms with E-state index in [2.05, 4.69) is 16.0 Å². The molecule has 4 aromatic carbocycles. The van der Waals surface area contributed by atoms with Crippen molar-refractivity contribution in [3.8, 4) is 51.3 Å². The van der Waals surface area contributed by atoms with Crippen LogP contribution in [0.15, 0.2) is 60.9 Å². The Hall–Kier alpha value is -6.58. The molecule has 0 aliphatic carbocycles. The van der Waals surface area contributed by atoms with Crippen LogP contribution in [0, 0.1) is 23.2 Å². The zero-order valence-electron chi connectivity index (χ0n) is 43.2. The average molecular weight is 1100 g/mol. The number of hydrogen-bond donors (Lipinski definition) is 1. The van der Waals surface area contributed by atoms with E-state index in [0.717, 1.165) is 32.9 Å². The van der Waals surface area contributed by atoms with Gasteiger partial charge in [-0.1, -0.05) is 58.5 Å². The SMILES string of the molecule is COc1cc(OC)c(Cl)c(-c2ccc3nc(C[C@H]4C[C@@H](C#N)N(C(=O)OC(C)(C)C)C4)ncc3c2)c1Cl.COc1cc(OC)c(Cl)c(-c2ccc3nc(C[C@H]4C[C@@H](C(N)=O)N(C(=O)OC(C)(C)C)C4)ncc3c2)c1Cl. The Morgan fingerprint density at radius 2 is 1.01 bits per heavy atom. The van der Waals surface area contributed by atoms with Crippen LogP contribution in [0.25, 0.3) is 44.1 Å². The van der Waals surface area contributed by atoms with E-state index in [4.69, 9.17) is 90.5 Å². The predicted molar refractivity (Wildman–Crippen MR) is 288 cm³/mol. The summed E-state index contributed by atoms with van der Waals surface area (Å²) in [5.41, 5.74) is 8.49. The minimum Gasteiger partial charge on any atom is -0.495 e. The lowest BCUT2D eigenvalue weighted by molar-refractivity contribution is -0.122. The lowest BCUT2D eigenvalue weighted by atomic mass is 10.0. The van der Waals surface area contributed by atoms with E-state index in [9.17, 15) is 19.6 Å². The molecule has 396 valence electrons. The molecular formula is C54H58Cl4N8O9. The number of hydrogen-bond acceptors (Lipinski definition) is 14. The number of nitrogens with two attached hydrogens (primary N) is 1. The van der Waals surface area contributed by atoms with Crippen LogP contribution in [0.5, 0.6) is 23.0 Å². The first-order valence-electron chi connectivity index (χ1n) is 23.9. The molecule has 0 radical (unpaired) electrons. The number of halogens is 4. The molecule has 2 aliphatic heterocycles. The molecule has 0 bridgehead atoms. The predicted octanol–water partition coefficient (Wildman–Crippen LogP) is 11.6. The number of amides is 3. The van der Waals surface area contributed by atoms with Gasteiger partial charge in [-0.3, -0.25) is 14.6 Å². The summed E-state index contributed by atoms with van der Waals surface area (Å²) in [5, 5.41) is 12.7. The normalized spacial score (nSPS) is 17.5. The van der Waals surface area contributed by atoms with Gasteiger partial charge >= 0.3 is 12.2 Å². The maximum Gasteiger partial charge on any atom is 0.411 e. The average Bonchev–Trinajstić information content (AvgIpc) is 3.98. The van der Waals surface area contributed by atoms with Crippen LogP contribution in [0.1, 0.15) is 66.0 Å². The highest BCUT2D eigenvalue weighted by molar-refractivity contribution is 6.42. The molecular weight excluding hydrogens is 1050 g/mol. The van der Waals surface area contributed by atoms with Crippen molar-refractivity contribution in [2.75, 3.05) is 41.5 Å². The summed E-state index contributed by atoms with van der Waals surface area (Å²) in [6, 6.07) is 15.6. The number of nitriles is 1.